The third-order valence-corrected chi connectivity index (χ3v) is 15.0. The van der Waals surface area contributed by atoms with Gasteiger partial charge < -0.3 is 18.5 Å². The first-order chi connectivity index (χ1) is 31.4. The van der Waals surface area contributed by atoms with E-state index in [2.05, 4.69) is 212 Å². The van der Waals surface area contributed by atoms with Gasteiger partial charge in [-0.2, -0.15) is 0 Å². The summed E-state index contributed by atoms with van der Waals surface area (Å²) in [5, 5.41) is 4.48. The van der Waals surface area contributed by atoms with Gasteiger partial charge in [-0.15, -0.1) is 0 Å². The third kappa shape index (κ3) is 4.12. The highest BCUT2D eigenvalue weighted by Crippen LogP contribution is 2.64. The Morgan fingerprint density at radius 2 is 1.09 bits per heavy atom. The van der Waals surface area contributed by atoms with Gasteiger partial charge >= 0.3 is 6.85 Å². The number of anilines is 5. The van der Waals surface area contributed by atoms with Crippen LogP contribution >= 0.6 is 0 Å². The molecule has 0 bridgehead atoms. The third-order valence-electron chi connectivity index (χ3n) is 15.0. The molecule has 4 aliphatic rings. The van der Waals surface area contributed by atoms with Gasteiger partial charge in [0, 0.05) is 55.9 Å². The molecule has 9 aromatic carbocycles. The molecule has 11 aromatic rings. The molecule has 0 N–H and O–H groups in total. The maximum Gasteiger partial charge on any atom is 0.333 e. The molecule has 15 rings (SSSR count). The molecule has 3 aliphatic heterocycles. The standard InChI is InChI=1S/C59H39BN2O2/c1-58(2,3)34-27-29-35(30-28-34)62-48-31-40-38-17-6-12-25-50(38)63-52(40)32-41(48)55-54-39-18-7-13-26-51(39)64-53(54)33-49-56(55)60(62)46-23-14-22-45-57(46)61(49)47-24-11-10-21-44(47)59(45)42-19-8-4-15-36(42)37-16-5-9-20-43(37)59/h4-33H,1-3H3. The van der Waals surface area contributed by atoms with E-state index in [1.807, 2.05) is 0 Å². The predicted octanol–water partition coefficient (Wildman–Crippen LogP) is 14.2. The normalized spacial score (nSPS) is 14.8. The van der Waals surface area contributed by atoms with E-state index in [1.54, 1.807) is 0 Å². The molecule has 0 saturated heterocycles. The van der Waals surface area contributed by atoms with Gasteiger partial charge in [0.2, 0.25) is 0 Å². The molecule has 0 atom stereocenters. The SMILES string of the molecule is CC(C)(C)c1ccc(N2B3c4cccc5c4N(c4ccccc4C54c5ccccc5-c5ccccc54)c4cc5oc6ccccc6c5c(c43)-c3cc4oc5ccccc5c4cc32)cc1. The number of hydrogen-bond acceptors (Lipinski definition) is 4. The zero-order valence-corrected chi connectivity index (χ0v) is 35.6. The molecule has 0 radical (unpaired) electrons. The molecular formula is C59H39BN2O2. The van der Waals surface area contributed by atoms with Crippen LogP contribution in [0.25, 0.3) is 66.1 Å². The van der Waals surface area contributed by atoms with Crippen molar-refractivity contribution in [2.45, 2.75) is 31.6 Å². The van der Waals surface area contributed by atoms with Crippen molar-refractivity contribution in [2.24, 2.45) is 0 Å². The summed E-state index contributed by atoms with van der Waals surface area (Å²) in [6, 6.07) is 67.9. The van der Waals surface area contributed by atoms with Crippen LogP contribution < -0.4 is 20.6 Å². The van der Waals surface area contributed by atoms with Crippen LogP contribution in [-0.4, -0.2) is 6.85 Å². The molecule has 1 aliphatic carbocycles. The van der Waals surface area contributed by atoms with E-state index in [-0.39, 0.29) is 12.3 Å². The zero-order chi connectivity index (χ0) is 42.2. The molecule has 1 spiro atoms. The molecule has 5 heteroatoms. The molecule has 0 unspecified atom stereocenters. The molecule has 0 fully saturated rings. The van der Waals surface area contributed by atoms with Crippen molar-refractivity contribution in [3.8, 4) is 22.3 Å². The van der Waals surface area contributed by atoms with Crippen LogP contribution in [-0.2, 0) is 10.8 Å². The number of para-hydroxylation sites is 4. The fourth-order valence-electron chi connectivity index (χ4n) is 12.4. The van der Waals surface area contributed by atoms with Crippen molar-refractivity contribution in [3.05, 3.63) is 210 Å². The van der Waals surface area contributed by atoms with Gasteiger partial charge in [0.15, 0.2) is 0 Å². The van der Waals surface area contributed by atoms with Crippen LogP contribution in [0.2, 0.25) is 0 Å². The summed E-state index contributed by atoms with van der Waals surface area (Å²) in [5.74, 6) is 0. The molecule has 5 heterocycles. The summed E-state index contributed by atoms with van der Waals surface area (Å²) in [4.78, 5) is 5.22. The summed E-state index contributed by atoms with van der Waals surface area (Å²) >= 11 is 0. The average Bonchev–Trinajstić information content (AvgIpc) is 3.98. The maximum atomic E-state index is 6.97. The first-order valence-electron chi connectivity index (χ1n) is 22.5. The van der Waals surface area contributed by atoms with Gasteiger partial charge in [-0.3, -0.25) is 0 Å². The fraction of sp³-hybridized carbons (Fsp3) is 0.0847. The lowest BCUT2D eigenvalue weighted by atomic mass is 9.42. The number of rotatable bonds is 1. The van der Waals surface area contributed by atoms with Gasteiger partial charge in [-0.1, -0.05) is 154 Å². The highest BCUT2D eigenvalue weighted by atomic mass is 16.3. The summed E-state index contributed by atoms with van der Waals surface area (Å²) in [6.07, 6.45) is 0. The molecular weight excluding hydrogens is 779 g/mol. The van der Waals surface area contributed by atoms with E-state index >= 15 is 0 Å². The van der Waals surface area contributed by atoms with Gasteiger partial charge in [-0.05, 0) is 103 Å². The van der Waals surface area contributed by atoms with E-state index in [9.17, 15) is 0 Å². The van der Waals surface area contributed by atoms with Crippen molar-refractivity contribution < 1.29 is 8.83 Å². The lowest BCUT2D eigenvalue weighted by Gasteiger charge is -2.51. The predicted molar refractivity (Wildman–Crippen MR) is 264 cm³/mol. The summed E-state index contributed by atoms with van der Waals surface area (Å²) < 4.78 is 13.7. The lowest BCUT2D eigenvalue weighted by Crippen LogP contribution is -2.62. The topological polar surface area (TPSA) is 32.8 Å². The van der Waals surface area contributed by atoms with E-state index in [0.717, 1.165) is 66.5 Å². The Morgan fingerprint density at radius 3 is 1.84 bits per heavy atom. The minimum Gasteiger partial charge on any atom is -0.456 e. The van der Waals surface area contributed by atoms with E-state index in [4.69, 9.17) is 8.83 Å². The Kier molecular flexibility index (Phi) is 6.43. The summed E-state index contributed by atoms with van der Waals surface area (Å²) in [7, 11) is 0. The van der Waals surface area contributed by atoms with Crippen LogP contribution in [0.3, 0.4) is 0 Å². The van der Waals surface area contributed by atoms with Crippen LogP contribution in [0, 0.1) is 0 Å². The van der Waals surface area contributed by atoms with Crippen molar-refractivity contribution >= 4 is 90.1 Å². The Labute approximate surface area is 370 Å². The molecule has 64 heavy (non-hydrogen) atoms. The van der Waals surface area contributed by atoms with E-state index in [1.165, 1.54) is 66.8 Å². The second-order valence-corrected chi connectivity index (χ2v) is 19.1. The number of furan rings is 2. The molecule has 300 valence electrons. The van der Waals surface area contributed by atoms with Crippen molar-refractivity contribution in [1.82, 2.24) is 0 Å². The zero-order valence-electron chi connectivity index (χ0n) is 35.6. The van der Waals surface area contributed by atoms with Crippen LogP contribution in [0.4, 0.5) is 28.4 Å². The second-order valence-electron chi connectivity index (χ2n) is 19.1. The Hall–Kier alpha value is -7.76. The number of fused-ring (bicyclic) bond motifs is 20. The molecule has 0 saturated carbocycles. The minimum atomic E-state index is -0.539. The van der Waals surface area contributed by atoms with Crippen LogP contribution in [0.15, 0.2) is 191 Å². The lowest BCUT2D eigenvalue weighted by molar-refractivity contribution is 0.590. The Bertz CT molecular complexity index is 3820. The van der Waals surface area contributed by atoms with Crippen LogP contribution in [0.1, 0.15) is 48.6 Å². The first kappa shape index (κ1) is 34.8. The Morgan fingerprint density at radius 1 is 0.469 bits per heavy atom. The molecule has 2 aromatic heterocycles. The molecule has 0 amide bonds. The smallest absolute Gasteiger partial charge is 0.333 e. The highest BCUT2D eigenvalue weighted by molar-refractivity contribution is 6.94. The minimum absolute atomic E-state index is 0.00728. The largest absolute Gasteiger partial charge is 0.456 e. The number of benzene rings is 9. The highest BCUT2D eigenvalue weighted by Gasteiger charge is 2.56. The quantitative estimate of drug-likeness (QED) is 0.155. The summed E-state index contributed by atoms with van der Waals surface area (Å²) in [6.45, 7) is 6.69. The van der Waals surface area contributed by atoms with Crippen molar-refractivity contribution in [2.75, 3.05) is 9.71 Å². The second kappa shape index (κ2) is 11.8. The number of hydrogen-bond donors (Lipinski definition) is 0. The monoisotopic (exact) mass is 818 g/mol. The number of nitrogens with zero attached hydrogens (tertiary/aromatic N) is 2. The van der Waals surface area contributed by atoms with Gasteiger partial charge in [0.1, 0.15) is 22.3 Å². The van der Waals surface area contributed by atoms with Gasteiger partial charge in [-0.25, -0.2) is 0 Å². The van der Waals surface area contributed by atoms with Gasteiger partial charge in [0.25, 0.3) is 0 Å². The van der Waals surface area contributed by atoms with E-state index < -0.39 is 5.41 Å². The van der Waals surface area contributed by atoms with Gasteiger partial charge in [0.05, 0.1) is 11.1 Å². The van der Waals surface area contributed by atoms with Crippen LogP contribution in [0.5, 0.6) is 0 Å². The van der Waals surface area contributed by atoms with E-state index in [0.29, 0.717) is 0 Å². The Balaban J connectivity index is 1.14. The van der Waals surface area contributed by atoms with Crippen molar-refractivity contribution in [1.29, 1.82) is 0 Å². The fourth-order valence-corrected chi connectivity index (χ4v) is 12.4. The first-order valence-corrected chi connectivity index (χ1v) is 22.5. The molecule has 4 nitrogen and oxygen atoms in total. The average molecular weight is 819 g/mol. The van der Waals surface area contributed by atoms with Crippen molar-refractivity contribution in [3.63, 3.8) is 0 Å². The maximum absolute atomic E-state index is 6.97. The summed E-state index contributed by atoms with van der Waals surface area (Å²) in [5.41, 5.74) is 22.9.